The van der Waals surface area contributed by atoms with E-state index in [1.807, 2.05) is 6.92 Å². The van der Waals surface area contributed by atoms with Crippen LogP contribution >= 0.6 is 11.6 Å². The summed E-state index contributed by atoms with van der Waals surface area (Å²) in [4.78, 5) is 24.6. The van der Waals surface area contributed by atoms with Crippen molar-refractivity contribution in [2.45, 2.75) is 37.3 Å². The first-order valence-corrected chi connectivity index (χ1v) is 9.29. The number of nitrogens with zero attached hydrogens (tertiary/aromatic N) is 2. The molecule has 0 spiro atoms. The first kappa shape index (κ1) is 18.7. The smallest absolute Gasteiger partial charge is 0.258 e. The summed E-state index contributed by atoms with van der Waals surface area (Å²) < 4.78 is 20.4. The number of benzene rings is 1. The third kappa shape index (κ3) is 3.22. The van der Waals surface area contributed by atoms with Crippen LogP contribution in [0.1, 0.15) is 35.3 Å². The van der Waals surface area contributed by atoms with Gasteiger partial charge in [-0.3, -0.25) is 14.3 Å². The Labute approximate surface area is 166 Å². The van der Waals surface area contributed by atoms with E-state index in [1.165, 1.54) is 12.1 Å². The number of carbonyl (C=O) groups excluding carboxylic acids is 2. The van der Waals surface area contributed by atoms with E-state index in [0.717, 1.165) is 11.8 Å². The van der Waals surface area contributed by atoms with Crippen molar-refractivity contribution in [1.82, 2.24) is 20.4 Å². The van der Waals surface area contributed by atoms with Crippen LogP contribution in [0.3, 0.4) is 0 Å². The van der Waals surface area contributed by atoms with Gasteiger partial charge in [-0.15, -0.1) is 0 Å². The number of carbonyl (C=O) groups is 2. The van der Waals surface area contributed by atoms with E-state index in [4.69, 9.17) is 16.3 Å². The fourth-order valence-corrected chi connectivity index (χ4v) is 4.25. The van der Waals surface area contributed by atoms with Gasteiger partial charge in [0.1, 0.15) is 11.6 Å². The lowest BCUT2D eigenvalue weighted by Crippen LogP contribution is -2.84. The molecular formula is C19H20ClFN4O3. The number of rotatable bonds is 6. The first-order chi connectivity index (χ1) is 13.2. The highest BCUT2D eigenvalue weighted by Gasteiger charge is 2.69. The molecule has 3 saturated carbocycles. The molecule has 0 radical (unpaired) electrons. The fourth-order valence-electron chi connectivity index (χ4n) is 4.13. The maximum Gasteiger partial charge on any atom is 0.258 e. The molecule has 0 atom stereocenters. The molecule has 3 aliphatic rings. The zero-order valence-corrected chi connectivity index (χ0v) is 16.3. The average Bonchev–Trinajstić information content (AvgIpc) is 2.92. The van der Waals surface area contributed by atoms with Gasteiger partial charge in [0.15, 0.2) is 6.61 Å². The summed E-state index contributed by atoms with van der Waals surface area (Å²) in [6.45, 7) is 1.63. The third-order valence-corrected chi connectivity index (χ3v) is 5.86. The van der Waals surface area contributed by atoms with E-state index >= 15 is 0 Å². The maximum absolute atomic E-state index is 13.4. The Balaban J connectivity index is 1.25. The molecule has 28 heavy (non-hydrogen) atoms. The van der Waals surface area contributed by atoms with Gasteiger partial charge in [-0.1, -0.05) is 11.6 Å². The first-order valence-electron chi connectivity index (χ1n) is 8.91. The summed E-state index contributed by atoms with van der Waals surface area (Å²) >= 11 is 5.62. The lowest BCUT2D eigenvalue weighted by molar-refractivity contribution is -0.141. The SMILES string of the molecule is Cc1c(C(=O)NC23CC(NC(=O)COc4ccc(Cl)c(F)c4)(C2)C3)cnn1C. The molecule has 3 fully saturated rings. The molecule has 0 aliphatic heterocycles. The van der Waals surface area contributed by atoms with Crippen LogP contribution < -0.4 is 15.4 Å². The van der Waals surface area contributed by atoms with E-state index in [2.05, 4.69) is 15.7 Å². The van der Waals surface area contributed by atoms with Crippen LogP contribution in [0.25, 0.3) is 0 Å². The molecule has 3 aliphatic carbocycles. The molecule has 0 saturated heterocycles. The Bertz CT molecular complexity index is 954. The van der Waals surface area contributed by atoms with Crippen molar-refractivity contribution in [3.63, 3.8) is 0 Å². The van der Waals surface area contributed by atoms with Crippen LogP contribution in [0.2, 0.25) is 5.02 Å². The van der Waals surface area contributed by atoms with Gasteiger partial charge in [0, 0.05) is 29.9 Å². The molecule has 5 rings (SSSR count). The average molecular weight is 407 g/mol. The fraction of sp³-hybridized carbons (Fsp3) is 0.421. The highest BCUT2D eigenvalue weighted by Crippen LogP contribution is 2.60. The maximum atomic E-state index is 13.4. The second-order valence-corrected chi connectivity index (χ2v) is 8.13. The Hall–Kier alpha value is -2.61. The van der Waals surface area contributed by atoms with E-state index in [1.54, 1.807) is 17.9 Å². The van der Waals surface area contributed by atoms with Crippen LogP contribution in [0, 0.1) is 12.7 Å². The van der Waals surface area contributed by atoms with Crippen molar-refractivity contribution >= 4 is 23.4 Å². The van der Waals surface area contributed by atoms with Gasteiger partial charge in [0.05, 0.1) is 16.8 Å². The zero-order chi connectivity index (χ0) is 20.1. The van der Waals surface area contributed by atoms with Crippen LogP contribution in [-0.4, -0.2) is 39.3 Å². The number of amides is 2. The summed E-state index contributed by atoms with van der Waals surface area (Å²) in [6.07, 6.45) is 3.62. The minimum atomic E-state index is -0.597. The minimum absolute atomic E-state index is 0.000471. The number of halogens is 2. The van der Waals surface area contributed by atoms with Crippen molar-refractivity contribution in [2.75, 3.05) is 6.61 Å². The van der Waals surface area contributed by atoms with Crippen LogP contribution in [-0.2, 0) is 11.8 Å². The topological polar surface area (TPSA) is 85.2 Å². The minimum Gasteiger partial charge on any atom is -0.484 e. The van der Waals surface area contributed by atoms with Crippen LogP contribution in [0.5, 0.6) is 5.75 Å². The van der Waals surface area contributed by atoms with Gasteiger partial charge in [-0.25, -0.2) is 4.39 Å². The second kappa shape index (κ2) is 6.48. The molecule has 2 amide bonds. The Morgan fingerprint density at radius 3 is 2.57 bits per heavy atom. The summed E-state index contributed by atoms with van der Waals surface area (Å²) in [7, 11) is 1.79. The molecule has 0 unspecified atom stereocenters. The largest absolute Gasteiger partial charge is 0.484 e. The standard InChI is InChI=1S/C19H20ClFN4O3/c1-11-13(6-22-25(11)2)17(27)24-19-8-18(9-19,10-19)23-16(26)7-28-12-3-4-14(20)15(21)5-12/h3-6H,7-10H2,1-2H3,(H,23,26)(H,24,27). The lowest BCUT2D eigenvalue weighted by atomic mass is 9.44. The van der Waals surface area contributed by atoms with Crippen LogP contribution in [0.4, 0.5) is 4.39 Å². The highest BCUT2D eigenvalue weighted by atomic mass is 35.5. The predicted octanol–water partition coefficient (Wildman–Crippen LogP) is 2.12. The molecule has 9 heteroatoms. The molecule has 1 aromatic heterocycles. The van der Waals surface area contributed by atoms with Gasteiger partial charge in [0.25, 0.3) is 11.8 Å². The lowest BCUT2D eigenvalue weighted by Gasteiger charge is -2.70. The normalized spacial score (nSPS) is 24.7. The van der Waals surface area contributed by atoms with Crippen molar-refractivity contribution in [3.8, 4) is 5.75 Å². The number of hydrogen-bond donors (Lipinski definition) is 2. The number of nitrogens with one attached hydrogen (secondary N) is 2. The monoisotopic (exact) mass is 406 g/mol. The molecule has 2 aromatic rings. The quantitative estimate of drug-likeness (QED) is 0.769. The molecule has 1 heterocycles. The summed E-state index contributed by atoms with van der Waals surface area (Å²) in [6, 6.07) is 4.02. The second-order valence-electron chi connectivity index (χ2n) is 7.73. The number of ether oxygens (including phenoxy) is 1. The van der Waals surface area contributed by atoms with Gasteiger partial charge in [-0.2, -0.15) is 5.10 Å². The van der Waals surface area contributed by atoms with Crippen molar-refractivity contribution in [1.29, 1.82) is 0 Å². The van der Waals surface area contributed by atoms with E-state index in [-0.39, 0.29) is 40.3 Å². The summed E-state index contributed by atoms with van der Waals surface area (Å²) in [5.41, 5.74) is 0.826. The van der Waals surface area contributed by atoms with Crippen molar-refractivity contribution in [2.24, 2.45) is 7.05 Å². The van der Waals surface area contributed by atoms with Gasteiger partial charge >= 0.3 is 0 Å². The highest BCUT2D eigenvalue weighted by molar-refractivity contribution is 6.30. The summed E-state index contributed by atoms with van der Waals surface area (Å²) in [5.74, 6) is -0.776. The molecule has 7 nitrogen and oxygen atoms in total. The zero-order valence-electron chi connectivity index (χ0n) is 15.5. The van der Waals surface area contributed by atoms with Crippen LogP contribution in [0.15, 0.2) is 24.4 Å². The molecule has 148 valence electrons. The van der Waals surface area contributed by atoms with Gasteiger partial charge in [-0.05, 0) is 38.3 Å². The molecular weight excluding hydrogens is 387 g/mol. The van der Waals surface area contributed by atoms with Gasteiger partial charge in [0.2, 0.25) is 0 Å². The number of aromatic nitrogens is 2. The Morgan fingerprint density at radius 1 is 1.29 bits per heavy atom. The predicted molar refractivity (Wildman–Crippen MR) is 99.8 cm³/mol. The summed E-state index contributed by atoms with van der Waals surface area (Å²) in [5, 5.41) is 10.1. The Morgan fingerprint density at radius 2 is 1.96 bits per heavy atom. The number of aryl methyl sites for hydroxylation is 1. The third-order valence-electron chi connectivity index (χ3n) is 5.55. The van der Waals surface area contributed by atoms with E-state index in [9.17, 15) is 14.0 Å². The Kier molecular flexibility index (Phi) is 4.33. The number of hydrogen-bond acceptors (Lipinski definition) is 4. The van der Waals surface area contributed by atoms with Gasteiger partial charge < -0.3 is 15.4 Å². The van der Waals surface area contributed by atoms with Crippen molar-refractivity contribution < 1.29 is 18.7 Å². The van der Waals surface area contributed by atoms with E-state index < -0.39 is 5.82 Å². The molecule has 2 N–H and O–H groups in total. The van der Waals surface area contributed by atoms with E-state index in [0.29, 0.717) is 24.8 Å². The molecule has 1 aromatic carbocycles. The van der Waals surface area contributed by atoms with Crippen molar-refractivity contribution in [3.05, 3.63) is 46.5 Å². The molecule has 2 bridgehead atoms.